The largest absolute Gasteiger partial charge is 0.362 e. The summed E-state index contributed by atoms with van der Waals surface area (Å²) in [6.45, 7) is 1.77. The molecule has 120 valence electrons. The highest BCUT2D eigenvalue weighted by Crippen LogP contribution is 2.28. The number of benzene rings is 1. The molecule has 3 rings (SSSR count). The van der Waals surface area contributed by atoms with E-state index in [2.05, 4.69) is 15.5 Å². The van der Waals surface area contributed by atoms with Crippen LogP contribution >= 0.6 is 0 Å². The average molecular weight is 316 g/mol. The number of aromatic nitrogens is 2. The molecule has 0 aliphatic carbocycles. The second-order valence-corrected chi connectivity index (χ2v) is 5.00. The van der Waals surface area contributed by atoms with Gasteiger partial charge in [-0.05, 0) is 12.1 Å². The molecular weight excluding hydrogens is 300 g/mol. The van der Waals surface area contributed by atoms with E-state index in [4.69, 9.17) is 9.26 Å². The molecule has 0 saturated heterocycles. The van der Waals surface area contributed by atoms with Crippen molar-refractivity contribution in [2.24, 2.45) is 0 Å². The van der Waals surface area contributed by atoms with Crippen LogP contribution in [-0.2, 0) is 27.4 Å². The quantitative estimate of drug-likeness (QED) is 0.888. The molecule has 2 amide bonds. The Kier molecular flexibility index (Phi) is 4.33. The van der Waals surface area contributed by atoms with Gasteiger partial charge < -0.3 is 14.6 Å². The Bertz CT molecular complexity index is 728. The third-order valence-electron chi connectivity index (χ3n) is 3.35. The summed E-state index contributed by atoms with van der Waals surface area (Å²) in [6, 6.07) is 7.13. The molecule has 2 aromatic rings. The van der Waals surface area contributed by atoms with Crippen LogP contribution in [0, 0.1) is 0 Å². The fourth-order valence-corrected chi connectivity index (χ4v) is 2.25. The van der Waals surface area contributed by atoms with E-state index in [1.165, 1.54) is 4.90 Å². The number of ether oxygens (including phenoxy) is 1. The topological polar surface area (TPSA) is 97.6 Å². The van der Waals surface area contributed by atoms with Crippen LogP contribution in [0.5, 0.6) is 0 Å². The molecular formula is C15H16N4O4. The van der Waals surface area contributed by atoms with Crippen LogP contribution < -0.4 is 10.2 Å². The summed E-state index contributed by atoms with van der Waals surface area (Å²) >= 11 is 0. The fourth-order valence-electron chi connectivity index (χ4n) is 2.25. The van der Waals surface area contributed by atoms with Crippen LogP contribution in [0.4, 0.5) is 11.4 Å². The van der Waals surface area contributed by atoms with Crippen molar-refractivity contribution in [3.8, 4) is 0 Å². The molecule has 0 radical (unpaired) electrons. The maximum absolute atomic E-state index is 12.3. The van der Waals surface area contributed by atoms with E-state index in [0.717, 1.165) is 0 Å². The summed E-state index contributed by atoms with van der Waals surface area (Å²) in [5.41, 5.74) is 1.27. The molecule has 1 aliphatic heterocycles. The van der Waals surface area contributed by atoms with Gasteiger partial charge in [-0.15, -0.1) is 0 Å². The van der Waals surface area contributed by atoms with E-state index < -0.39 is 0 Å². The van der Waals surface area contributed by atoms with Gasteiger partial charge in [-0.2, -0.15) is 4.98 Å². The molecule has 1 aromatic heterocycles. The molecule has 1 aromatic carbocycles. The predicted octanol–water partition coefficient (Wildman–Crippen LogP) is 1.13. The molecule has 0 bridgehead atoms. The van der Waals surface area contributed by atoms with Gasteiger partial charge in [0, 0.05) is 6.42 Å². The van der Waals surface area contributed by atoms with Crippen LogP contribution in [0.25, 0.3) is 0 Å². The number of carbonyl (C=O) groups is 2. The molecule has 0 saturated carbocycles. The Hall–Kier alpha value is -2.74. The molecule has 23 heavy (non-hydrogen) atoms. The van der Waals surface area contributed by atoms with E-state index >= 15 is 0 Å². The summed E-state index contributed by atoms with van der Waals surface area (Å²) in [5, 5.41) is 6.48. The van der Waals surface area contributed by atoms with Gasteiger partial charge >= 0.3 is 0 Å². The number of amides is 2. The minimum Gasteiger partial charge on any atom is -0.362 e. The molecule has 0 unspecified atom stereocenters. The number of nitrogens with zero attached hydrogens (tertiary/aromatic N) is 3. The van der Waals surface area contributed by atoms with Crippen LogP contribution in [0.1, 0.15) is 18.6 Å². The highest BCUT2D eigenvalue weighted by Gasteiger charge is 2.26. The lowest BCUT2D eigenvalue weighted by atomic mass is 10.2. The van der Waals surface area contributed by atoms with Gasteiger partial charge in [0.05, 0.1) is 11.4 Å². The lowest BCUT2D eigenvalue weighted by Crippen LogP contribution is -2.43. The maximum Gasteiger partial charge on any atom is 0.253 e. The molecule has 2 heterocycles. The van der Waals surface area contributed by atoms with E-state index in [9.17, 15) is 9.59 Å². The molecule has 8 heteroatoms. The number of hydrogen-bond donors (Lipinski definition) is 1. The van der Waals surface area contributed by atoms with Gasteiger partial charge in [0.25, 0.3) is 11.8 Å². The average Bonchev–Trinajstić information content (AvgIpc) is 3.02. The van der Waals surface area contributed by atoms with Gasteiger partial charge in [0.1, 0.15) is 19.8 Å². The number of aryl methyl sites for hydroxylation is 1. The first kappa shape index (κ1) is 15.2. The van der Waals surface area contributed by atoms with E-state index in [-0.39, 0.29) is 31.6 Å². The minimum absolute atomic E-state index is 0.0280. The van der Waals surface area contributed by atoms with Gasteiger partial charge in [-0.3, -0.25) is 14.5 Å². The normalized spacial score (nSPS) is 13.6. The van der Waals surface area contributed by atoms with Crippen LogP contribution in [-0.4, -0.2) is 35.1 Å². The summed E-state index contributed by atoms with van der Waals surface area (Å²) in [6.07, 6.45) is 0.669. The number of rotatable bonds is 5. The highest BCUT2D eigenvalue weighted by atomic mass is 16.5. The standard InChI is InChI=1S/C15H16N4O4/c1-2-12-17-14(23-18-12)8-22-9-15(21)19-7-13(20)16-10-5-3-4-6-11(10)19/h3-6H,2,7-9H2,1H3,(H,16,20). The van der Waals surface area contributed by atoms with Crippen LogP contribution in [0.3, 0.4) is 0 Å². The first-order chi connectivity index (χ1) is 11.2. The Morgan fingerprint density at radius 1 is 1.43 bits per heavy atom. The smallest absolute Gasteiger partial charge is 0.253 e. The Labute approximate surface area is 132 Å². The zero-order valence-corrected chi connectivity index (χ0v) is 12.6. The Morgan fingerprint density at radius 3 is 3.04 bits per heavy atom. The third-order valence-corrected chi connectivity index (χ3v) is 3.35. The molecule has 0 atom stereocenters. The van der Waals surface area contributed by atoms with E-state index in [1.54, 1.807) is 18.2 Å². The zero-order valence-electron chi connectivity index (χ0n) is 12.6. The summed E-state index contributed by atoms with van der Waals surface area (Å²) in [5.74, 6) is 0.382. The van der Waals surface area contributed by atoms with Crippen molar-refractivity contribution in [1.82, 2.24) is 10.1 Å². The van der Waals surface area contributed by atoms with Crippen LogP contribution in [0.15, 0.2) is 28.8 Å². The van der Waals surface area contributed by atoms with Crippen molar-refractivity contribution >= 4 is 23.2 Å². The van der Waals surface area contributed by atoms with Crippen molar-refractivity contribution in [2.75, 3.05) is 23.4 Å². The first-order valence-corrected chi connectivity index (χ1v) is 7.26. The third kappa shape index (κ3) is 3.37. The van der Waals surface area contributed by atoms with Crippen LogP contribution in [0.2, 0.25) is 0 Å². The lowest BCUT2D eigenvalue weighted by molar-refractivity contribution is -0.125. The zero-order chi connectivity index (χ0) is 16.2. The van der Waals surface area contributed by atoms with Crippen molar-refractivity contribution in [1.29, 1.82) is 0 Å². The molecule has 8 nitrogen and oxygen atoms in total. The second-order valence-electron chi connectivity index (χ2n) is 5.00. The second kappa shape index (κ2) is 6.57. The Balaban J connectivity index is 1.61. The molecule has 0 spiro atoms. The maximum atomic E-state index is 12.3. The number of anilines is 2. The number of fused-ring (bicyclic) bond motifs is 1. The van der Waals surface area contributed by atoms with Crippen molar-refractivity contribution < 1.29 is 18.8 Å². The van der Waals surface area contributed by atoms with Gasteiger partial charge in [0.2, 0.25) is 5.91 Å². The molecule has 0 fully saturated rings. The van der Waals surface area contributed by atoms with Gasteiger partial charge in [-0.1, -0.05) is 24.2 Å². The summed E-state index contributed by atoms with van der Waals surface area (Å²) < 4.78 is 10.3. The first-order valence-electron chi connectivity index (χ1n) is 7.26. The predicted molar refractivity (Wildman–Crippen MR) is 80.8 cm³/mol. The number of carbonyl (C=O) groups excluding carboxylic acids is 2. The molecule has 1 N–H and O–H groups in total. The minimum atomic E-state index is -0.303. The van der Waals surface area contributed by atoms with Gasteiger partial charge in [-0.25, -0.2) is 0 Å². The molecule has 1 aliphatic rings. The number of hydrogen-bond acceptors (Lipinski definition) is 6. The lowest BCUT2D eigenvalue weighted by Gasteiger charge is -2.28. The monoisotopic (exact) mass is 316 g/mol. The number of para-hydroxylation sites is 2. The van der Waals surface area contributed by atoms with Gasteiger partial charge in [0.15, 0.2) is 5.82 Å². The summed E-state index contributed by atoms with van der Waals surface area (Å²) in [4.78, 5) is 29.5. The summed E-state index contributed by atoms with van der Waals surface area (Å²) in [7, 11) is 0. The van der Waals surface area contributed by atoms with Crippen molar-refractivity contribution in [3.05, 3.63) is 36.0 Å². The van der Waals surface area contributed by atoms with E-state index in [1.807, 2.05) is 13.0 Å². The highest BCUT2D eigenvalue weighted by molar-refractivity contribution is 6.10. The van der Waals surface area contributed by atoms with Crippen molar-refractivity contribution in [2.45, 2.75) is 20.0 Å². The SMILES string of the molecule is CCc1noc(COCC(=O)N2CC(=O)Nc3ccccc32)n1. The fraction of sp³-hybridized carbons (Fsp3) is 0.333. The number of nitrogens with one attached hydrogen (secondary N) is 1. The van der Waals surface area contributed by atoms with Crippen molar-refractivity contribution in [3.63, 3.8) is 0 Å². The Morgan fingerprint density at radius 2 is 2.26 bits per heavy atom. The van der Waals surface area contributed by atoms with E-state index in [0.29, 0.717) is 29.5 Å².